The molecule has 2 nitrogen and oxygen atoms in total. The summed E-state index contributed by atoms with van der Waals surface area (Å²) in [4.78, 5) is 2.61. The fraction of sp³-hybridized carbons (Fsp3) is 0.667. The van der Waals surface area contributed by atoms with E-state index in [0.29, 0.717) is 0 Å². The summed E-state index contributed by atoms with van der Waals surface area (Å²) in [6, 6.07) is 7.00. The molecule has 112 valence electrons. The summed E-state index contributed by atoms with van der Waals surface area (Å²) in [6.07, 6.45) is 0. The molecule has 2 rings (SSSR count). The highest BCUT2D eigenvalue weighted by atomic mass is 15.2. The van der Waals surface area contributed by atoms with Gasteiger partial charge in [-0.3, -0.25) is 4.90 Å². The molecule has 1 fully saturated rings. The number of benzene rings is 1. The predicted octanol–water partition coefficient (Wildman–Crippen LogP) is 3.43. The van der Waals surface area contributed by atoms with Gasteiger partial charge in [-0.05, 0) is 42.9 Å². The molecule has 1 aliphatic rings. The summed E-state index contributed by atoms with van der Waals surface area (Å²) in [5.74, 6) is 0. The first-order chi connectivity index (χ1) is 9.23. The maximum Gasteiger partial charge on any atom is 0.0408 e. The Morgan fingerprint density at radius 3 is 2.15 bits per heavy atom. The van der Waals surface area contributed by atoms with E-state index in [1.54, 1.807) is 0 Å². The Bertz CT molecular complexity index is 463. The highest BCUT2D eigenvalue weighted by Crippen LogP contribution is 2.34. The second-order valence-electron chi connectivity index (χ2n) is 7.58. The van der Waals surface area contributed by atoms with E-state index in [0.717, 1.165) is 26.2 Å². The molecule has 0 bridgehead atoms. The molecule has 0 unspecified atom stereocenters. The molecule has 0 radical (unpaired) electrons. The third-order valence-electron chi connectivity index (χ3n) is 4.67. The molecule has 1 saturated heterocycles. The lowest BCUT2D eigenvalue weighted by Crippen LogP contribution is -2.52. The fourth-order valence-corrected chi connectivity index (χ4v) is 3.14. The van der Waals surface area contributed by atoms with Gasteiger partial charge in [0.1, 0.15) is 0 Å². The van der Waals surface area contributed by atoms with E-state index in [1.165, 1.54) is 16.7 Å². The molecule has 2 heteroatoms. The zero-order chi connectivity index (χ0) is 15.0. The van der Waals surface area contributed by atoms with Crippen LogP contribution >= 0.6 is 0 Å². The van der Waals surface area contributed by atoms with Crippen LogP contribution in [0.25, 0.3) is 0 Å². The van der Waals surface area contributed by atoms with Crippen LogP contribution in [0.2, 0.25) is 0 Å². The average Bonchev–Trinajstić information content (AvgIpc) is 2.38. The second-order valence-corrected chi connectivity index (χ2v) is 7.58. The third kappa shape index (κ3) is 3.07. The average molecular weight is 274 g/mol. The first kappa shape index (κ1) is 15.5. The van der Waals surface area contributed by atoms with Crippen LogP contribution in [-0.4, -0.2) is 31.1 Å². The minimum Gasteiger partial charge on any atom is -0.314 e. The minimum absolute atomic E-state index is 0.105. The minimum atomic E-state index is 0.105. The molecular weight excluding hydrogens is 244 g/mol. The molecular formula is C18H30N2. The van der Waals surface area contributed by atoms with Crippen LogP contribution in [0.3, 0.4) is 0 Å². The lowest BCUT2D eigenvalue weighted by atomic mass is 9.81. The van der Waals surface area contributed by atoms with Gasteiger partial charge >= 0.3 is 0 Å². The summed E-state index contributed by atoms with van der Waals surface area (Å²) >= 11 is 0. The van der Waals surface area contributed by atoms with Gasteiger partial charge in [0, 0.05) is 31.7 Å². The molecule has 0 atom stereocenters. The summed E-state index contributed by atoms with van der Waals surface area (Å²) in [5.41, 5.74) is 4.63. The molecule has 1 N–H and O–H groups in total. The van der Waals surface area contributed by atoms with Crippen molar-refractivity contribution in [1.82, 2.24) is 10.2 Å². The number of nitrogens with zero attached hydrogens (tertiary/aromatic N) is 1. The van der Waals surface area contributed by atoms with Crippen LogP contribution in [0.1, 0.15) is 51.3 Å². The smallest absolute Gasteiger partial charge is 0.0408 e. The Balaban J connectivity index is 2.39. The lowest BCUT2D eigenvalue weighted by molar-refractivity contribution is 0.102. The number of nitrogens with one attached hydrogen (secondary N) is 1. The SMILES string of the molecule is Cc1ccc(C(C)(C)C)cc1C(C)(C)N1CCNCC1. The largest absolute Gasteiger partial charge is 0.314 e. The molecule has 20 heavy (non-hydrogen) atoms. The number of hydrogen-bond donors (Lipinski definition) is 1. The van der Waals surface area contributed by atoms with E-state index in [2.05, 4.69) is 70.0 Å². The zero-order valence-electron chi connectivity index (χ0n) is 14.0. The van der Waals surface area contributed by atoms with Crippen molar-refractivity contribution in [2.24, 2.45) is 0 Å². The van der Waals surface area contributed by atoms with Crippen LogP contribution in [-0.2, 0) is 11.0 Å². The predicted molar refractivity (Wildman–Crippen MR) is 87.3 cm³/mol. The van der Waals surface area contributed by atoms with Gasteiger partial charge in [-0.1, -0.05) is 39.0 Å². The van der Waals surface area contributed by atoms with Crippen molar-refractivity contribution < 1.29 is 0 Å². The highest BCUT2D eigenvalue weighted by Gasteiger charge is 2.31. The van der Waals surface area contributed by atoms with Crippen molar-refractivity contribution in [1.29, 1.82) is 0 Å². The quantitative estimate of drug-likeness (QED) is 0.889. The molecule has 1 aromatic rings. The van der Waals surface area contributed by atoms with E-state index >= 15 is 0 Å². The topological polar surface area (TPSA) is 15.3 Å². The molecule has 1 aliphatic heterocycles. The van der Waals surface area contributed by atoms with E-state index in [1.807, 2.05) is 0 Å². The first-order valence-electron chi connectivity index (χ1n) is 7.80. The molecule has 0 aromatic heterocycles. The molecule has 0 spiro atoms. The summed E-state index contributed by atoms with van der Waals surface area (Å²) in [7, 11) is 0. The van der Waals surface area contributed by atoms with Gasteiger partial charge in [0.05, 0.1) is 0 Å². The Morgan fingerprint density at radius 2 is 1.60 bits per heavy atom. The van der Waals surface area contributed by atoms with E-state index in [9.17, 15) is 0 Å². The van der Waals surface area contributed by atoms with Gasteiger partial charge in [0.2, 0.25) is 0 Å². The fourth-order valence-electron chi connectivity index (χ4n) is 3.14. The van der Waals surface area contributed by atoms with E-state index in [4.69, 9.17) is 0 Å². The van der Waals surface area contributed by atoms with Crippen molar-refractivity contribution in [2.75, 3.05) is 26.2 Å². The standard InChI is InChI=1S/C18H30N2/c1-14-7-8-15(17(2,3)4)13-16(14)18(5,6)20-11-9-19-10-12-20/h7-8,13,19H,9-12H2,1-6H3. The van der Waals surface area contributed by atoms with Crippen molar-refractivity contribution in [3.05, 3.63) is 34.9 Å². The third-order valence-corrected chi connectivity index (χ3v) is 4.67. The Kier molecular flexibility index (Phi) is 4.27. The Labute approximate surface area is 124 Å². The van der Waals surface area contributed by atoms with Crippen LogP contribution < -0.4 is 5.32 Å². The maximum absolute atomic E-state index is 3.45. The van der Waals surface area contributed by atoms with Crippen molar-refractivity contribution in [3.63, 3.8) is 0 Å². The first-order valence-corrected chi connectivity index (χ1v) is 7.80. The highest BCUT2D eigenvalue weighted by molar-refractivity contribution is 5.38. The Hall–Kier alpha value is -0.860. The zero-order valence-corrected chi connectivity index (χ0v) is 14.0. The molecule has 1 aromatic carbocycles. The summed E-state index contributed by atoms with van der Waals surface area (Å²) in [5, 5.41) is 3.45. The summed E-state index contributed by atoms with van der Waals surface area (Å²) < 4.78 is 0. The van der Waals surface area contributed by atoms with Crippen molar-refractivity contribution in [3.8, 4) is 0 Å². The molecule has 1 heterocycles. The normalized spacial score (nSPS) is 18.3. The molecule has 0 amide bonds. The second kappa shape index (κ2) is 5.50. The number of rotatable bonds is 2. The number of aryl methyl sites for hydroxylation is 1. The van der Waals surface area contributed by atoms with Crippen LogP contribution in [0, 0.1) is 6.92 Å². The van der Waals surface area contributed by atoms with Crippen molar-refractivity contribution >= 4 is 0 Å². The molecule has 0 aliphatic carbocycles. The Morgan fingerprint density at radius 1 is 1.00 bits per heavy atom. The van der Waals surface area contributed by atoms with Crippen LogP contribution in [0.4, 0.5) is 0 Å². The van der Waals surface area contributed by atoms with Crippen LogP contribution in [0.5, 0.6) is 0 Å². The van der Waals surface area contributed by atoms with E-state index in [-0.39, 0.29) is 11.0 Å². The lowest BCUT2D eigenvalue weighted by Gasteiger charge is -2.42. The van der Waals surface area contributed by atoms with Gasteiger partial charge in [-0.15, -0.1) is 0 Å². The van der Waals surface area contributed by atoms with Crippen molar-refractivity contribution in [2.45, 2.75) is 52.5 Å². The van der Waals surface area contributed by atoms with Gasteiger partial charge < -0.3 is 5.32 Å². The van der Waals surface area contributed by atoms with Gasteiger partial charge in [-0.25, -0.2) is 0 Å². The molecule has 0 saturated carbocycles. The monoisotopic (exact) mass is 274 g/mol. The van der Waals surface area contributed by atoms with E-state index < -0.39 is 0 Å². The van der Waals surface area contributed by atoms with Gasteiger partial charge in [-0.2, -0.15) is 0 Å². The van der Waals surface area contributed by atoms with Gasteiger partial charge in [0.25, 0.3) is 0 Å². The van der Waals surface area contributed by atoms with Gasteiger partial charge in [0.15, 0.2) is 0 Å². The van der Waals surface area contributed by atoms with Crippen LogP contribution in [0.15, 0.2) is 18.2 Å². The number of hydrogen-bond acceptors (Lipinski definition) is 2. The summed E-state index contributed by atoms with van der Waals surface area (Å²) in [6.45, 7) is 18.3. The maximum atomic E-state index is 3.45. The number of piperazine rings is 1.